The van der Waals surface area contributed by atoms with Crippen molar-refractivity contribution < 1.29 is 4.79 Å². The number of aromatic amines is 1. The van der Waals surface area contributed by atoms with E-state index in [1.807, 2.05) is 34.9 Å². The van der Waals surface area contributed by atoms with Crippen molar-refractivity contribution in [3.8, 4) is 11.5 Å². The van der Waals surface area contributed by atoms with Crippen LogP contribution in [0.25, 0.3) is 22.4 Å². The minimum Gasteiger partial charge on any atom is -0.350 e. The smallest absolute Gasteiger partial charge is 0.270 e. The summed E-state index contributed by atoms with van der Waals surface area (Å²) >= 11 is 0. The number of benzene rings is 1. The number of nitrogens with one attached hydrogen (secondary N) is 3. The van der Waals surface area contributed by atoms with Crippen LogP contribution in [-0.2, 0) is 0 Å². The van der Waals surface area contributed by atoms with E-state index in [0.29, 0.717) is 52.7 Å². The zero-order chi connectivity index (χ0) is 23.7. The second kappa shape index (κ2) is 9.06. The number of carbonyl (C=O) groups is 1. The summed E-state index contributed by atoms with van der Waals surface area (Å²) in [6.07, 6.45) is 1.69. The van der Waals surface area contributed by atoms with Gasteiger partial charge in [0.05, 0.1) is 16.6 Å². The number of hydrogen-bond donors (Lipinski definition) is 3. The summed E-state index contributed by atoms with van der Waals surface area (Å²) in [5, 5.41) is 15.2. The molecule has 1 fully saturated rings. The van der Waals surface area contributed by atoms with Crippen LogP contribution in [-0.4, -0.2) is 61.7 Å². The Labute approximate surface area is 196 Å². The third kappa shape index (κ3) is 4.15. The fourth-order valence-electron chi connectivity index (χ4n) is 4.13. The number of fused-ring (bicyclic) bond motifs is 1. The maximum Gasteiger partial charge on any atom is 0.270 e. The standard InChI is InChI=1S/C24H26N8O2/c1-15(2)32-14-26-30-23(32)18-7-4-8-21(29-18)28-17-6-3-5-16-22(17)20(33)13-19(27-16)24(34)31-11-9-25-10-12-31/h3-8,13-15,25H,9-12H2,1-2H3,(H,27,33)(H,28,29). The average Bonchev–Trinajstić information content (AvgIpc) is 3.35. The molecule has 174 valence electrons. The molecule has 1 amide bonds. The number of anilines is 2. The van der Waals surface area contributed by atoms with Crippen molar-refractivity contribution in [3.63, 3.8) is 0 Å². The van der Waals surface area contributed by atoms with Gasteiger partial charge in [0.15, 0.2) is 11.3 Å². The van der Waals surface area contributed by atoms with E-state index in [-0.39, 0.29) is 17.4 Å². The quantitative estimate of drug-likeness (QED) is 0.420. The van der Waals surface area contributed by atoms with Crippen molar-refractivity contribution in [2.24, 2.45) is 0 Å². The van der Waals surface area contributed by atoms with Gasteiger partial charge in [0.1, 0.15) is 23.5 Å². The fraction of sp³-hybridized carbons (Fsp3) is 0.292. The summed E-state index contributed by atoms with van der Waals surface area (Å²) in [6.45, 7) is 6.84. The third-order valence-corrected chi connectivity index (χ3v) is 5.86. The van der Waals surface area contributed by atoms with E-state index in [1.165, 1.54) is 6.07 Å². The molecule has 0 radical (unpaired) electrons. The molecule has 10 nitrogen and oxygen atoms in total. The SMILES string of the molecule is CC(C)n1cnnc1-c1cccc(Nc2cccc3[nH]c(C(=O)N4CCNCC4)cc(=O)c23)n1. The molecule has 5 rings (SSSR count). The Kier molecular flexibility index (Phi) is 5.81. The zero-order valence-electron chi connectivity index (χ0n) is 19.1. The monoisotopic (exact) mass is 458 g/mol. The Bertz CT molecular complexity index is 1400. The van der Waals surface area contributed by atoms with E-state index in [9.17, 15) is 9.59 Å². The normalized spacial score (nSPS) is 14.0. The summed E-state index contributed by atoms with van der Waals surface area (Å²) < 4.78 is 1.95. The molecule has 0 atom stereocenters. The van der Waals surface area contributed by atoms with E-state index in [2.05, 4.69) is 44.6 Å². The highest BCUT2D eigenvalue weighted by molar-refractivity contribution is 5.98. The second-order valence-corrected chi connectivity index (χ2v) is 8.51. The van der Waals surface area contributed by atoms with Gasteiger partial charge in [-0.3, -0.25) is 9.59 Å². The van der Waals surface area contributed by atoms with E-state index in [1.54, 1.807) is 17.3 Å². The lowest BCUT2D eigenvalue weighted by Gasteiger charge is -2.27. The highest BCUT2D eigenvalue weighted by Gasteiger charge is 2.20. The predicted molar refractivity (Wildman–Crippen MR) is 130 cm³/mol. The molecular formula is C24H26N8O2. The van der Waals surface area contributed by atoms with Gasteiger partial charge in [0, 0.05) is 38.3 Å². The lowest BCUT2D eigenvalue weighted by molar-refractivity contribution is 0.0730. The number of pyridine rings is 2. The van der Waals surface area contributed by atoms with Crippen molar-refractivity contribution >= 4 is 28.3 Å². The fourth-order valence-corrected chi connectivity index (χ4v) is 4.13. The molecule has 34 heavy (non-hydrogen) atoms. The molecule has 3 aromatic heterocycles. The number of hydrogen-bond acceptors (Lipinski definition) is 7. The minimum atomic E-state index is -0.231. The molecule has 0 saturated carbocycles. The predicted octanol–water partition coefficient (Wildman–Crippen LogP) is 2.55. The summed E-state index contributed by atoms with van der Waals surface area (Å²) in [6, 6.07) is 12.6. The van der Waals surface area contributed by atoms with Gasteiger partial charge >= 0.3 is 0 Å². The number of aromatic nitrogens is 5. The maximum atomic E-state index is 13.1. The van der Waals surface area contributed by atoms with Crippen LogP contribution in [0.3, 0.4) is 0 Å². The van der Waals surface area contributed by atoms with Gasteiger partial charge in [-0.2, -0.15) is 0 Å². The van der Waals surface area contributed by atoms with Crippen molar-refractivity contribution in [2.75, 3.05) is 31.5 Å². The molecule has 4 aromatic rings. The van der Waals surface area contributed by atoms with Crippen molar-refractivity contribution in [3.05, 3.63) is 64.7 Å². The average molecular weight is 459 g/mol. The summed E-state index contributed by atoms with van der Waals surface area (Å²) in [4.78, 5) is 35.6. The van der Waals surface area contributed by atoms with Gasteiger partial charge in [-0.05, 0) is 38.1 Å². The number of rotatable bonds is 5. The molecule has 1 saturated heterocycles. The molecular weight excluding hydrogens is 432 g/mol. The Balaban J connectivity index is 1.47. The van der Waals surface area contributed by atoms with E-state index in [0.717, 1.165) is 13.1 Å². The van der Waals surface area contributed by atoms with Crippen LogP contribution >= 0.6 is 0 Å². The Morgan fingerprint density at radius 1 is 1.12 bits per heavy atom. The number of H-pyrrole nitrogens is 1. The van der Waals surface area contributed by atoms with Gasteiger partial charge in [-0.25, -0.2) is 4.98 Å². The molecule has 1 aliphatic rings. The van der Waals surface area contributed by atoms with E-state index < -0.39 is 0 Å². The molecule has 3 N–H and O–H groups in total. The molecule has 0 bridgehead atoms. The first-order valence-corrected chi connectivity index (χ1v) is 11.3. The minimum absolute atomic E-state index is 0.164. The van der Waals surface area contributed by atoms with Crippen LogP contribution in [0.5, 0.6) is 0 Å². The first kappa shape index (κ1) is 21.8. The van der Waals surface area contributed by atoms with Crippen LogP contribution in [0.4, 0.5) is 11.5 Å². The van der Waals surface area contributed by atoms with Gasteiger partial charge in [0.2, 0.25) is 0 Å². The van der Waals surface area contributed by atoms with E-state index >= 15 is 0 Å². The molecule has 1 aliphatic heterocycles. The molecule has 4 heterocycles. The second-order valence-electron chi connectivity index (χ2n) is 8.51. The van der Waals surface area contributed by atoms with Crippen LogP contribution in [0.2, 0.25) is 0 Å². The third-order valence-electron chi connectivity index (χ3n) is 5.86. The lowest BCUT2D eigenvalue weighted by Crippen LogP contribution is -2.46. The van der Waals surface area contributed by atoms with Crippen molar-refractivity contribution in [1.29, 1.82) is 0 Å². The Morgan fingerprint density at radius 2 is 1.91 bits per heavy atom. The van der Waals surface area contributed by atoms with Crippen molar-refractivity contribution in [1.82, 2.24) is 34.9 Å². The number of piperazine rings is 1. The van der Waals surface area contributed by atoms with Gasteiger partial charge < -0.3 is 25.1 Å². The summed E-state index contributed by atoms with van der Waals surface area (Å²) in [5.74, 6) is 1.08. The number of nitrogens with zero attached hydrogens (tertiary/aromatic N) is 5. The van der Waals surface area contributed by atoms with E-state index in [4.69, 9.17) is 0 Å². The Morgan fingerprint density at radius 3 is 2.71 bits per heavy atom. The highest BCUT2D eigenvalue weighted by atomic mass is 16.2. The molecule has 1 aromatic carbocycles. The maximum absolute atomic E-state index is 13.1. The largest absolute Gasteiger partial charge is 0.350 e. The molecule has 10 heteroatoms. The molecule has 0 spiro atoms. The summed E-state index contributed by atoms with van der Waals surface area (Å²) in [7, 11) is 0. The molecule has 0 aliphatic carbocycles. The first-order chi connectivity index (χ1) is 16.5. The van der Waals surface area contributed by atoms with Crippen LogP contribution in [0.1, 0.15) is 30.4 Å². The number of carbonyl (C=O) groups excluding carboxylic acids is 1. The van der Waals surface area contributed by atoms with Crippen LogP contribution < -0.4 is 16.1 Å². The van der Waals surface area contributed by atoms with Crippen molar-refractivity contribution in [2.45, 2.75) is 19.9 Å². The van der Waals surface area contributed by atoms with Crippen LogP contribution in [0, 0.1) is 0 Å². The van der Waals surface area contributed by atoms with Gasteiger partial charge in [-0.1, -0.05) is 12.1 Å². The summed E-state index contributed by atoms with van der Waals surface area (Å²) in [5.41, 5.74) is 1.94. The highest BCUT2D eigenvalue weighted by Crippen LogP contribution is 2.25. The number of amides is 1. The zero-order valence-corrected chi connectivity index (χ0v) is 19.1. The topological polar surface area (TPSA) is 121 Å². The van der Waals surface area contributed by atoms with Gasteiger partial charge in [-0.15, -0.1) is 10.2 Å². The van der Waals surface area contributed by atoms with Crippen LogP contribution in [0.15, 0.2) is 53.6 Å². The van der Waals surface area contributed by atoms with Gasteiger partial charge in [0.25, 0.3) is 5.91 Å². The first-order valence-electron chi connectivity index (χ1n) is 11.3. The lowest BCUT2D eigenvalue weighted by atomic mass is 10.1. The molecule has 0 unspecified atom stereocenters. The Hall–Kier alpha value is -4.05.